The van der Waals surface area contributed by atoms with Crippen LogP contribution in [-0.4, -0.2) is 36.1 Å². The first-order valence-electron chi connectivity index (χ1n) is 8.30. The highest BCUT2D eigenvalue weighted by Gasteiger charge is 2.41. The summed E-state index contributed by atoms with van der Waals surface area (Å²) in [5.41, 5.74) is 0.519. The van der Waals surface area contributed by atoms with Crippen molar-refractivity contribution in [2.45, 2.75) is 83.2 Å². The van der Waals surface area contributed by atoms with Gasteiger partial charge in [-0.05, 0) is 25.7 Å². The molecule has 0 radical (unpaired) electrons. The molecule has 2 rings (SSSR count). The summed E-state index contributed by atoms with van der Waals surface area (Å²) in [6, 6.07) is 0.838. The molecule has 0 bridgehead atoms. The third kappa shape index (κ3) is 3.08. The first-order chi connectivity index (χ1) is 8.82. The van der Waals surface area contributed by atoms with Crippen LogP contribution in [0.3, 0.4) is 0 Å². The van der Waals surface area contributed by atoms with E-state index in [0.29, 0.717) is 5.54 Å². The van der Waals surface area contributed by atoms with E-state index in [-0.39, 0.29) is 0 Å². The lowest BCUT2D eigenvalue weighted by molar-refractivity contribution is -0.0118. The molecule has 18 heavy (non-hydrogen) atoms. The molecule has 1 aliphatic heterocycles. The highest BCUT2D eigenvalue weighted by atomic mass is 15.3. The van der Waals surface area contributed by atoms with Crippen LogP contribution in [-0.2, 0) is 0 Å². The molecule has 1 aliphatic carbocycles. The lowest BCUT2D eigenvalue weighted by atomic mass is 9.77. The Morgan fingerprint density at radius 2 is 1.94 bits per heavy atom. The van der Waals surface area contributed by atoms with Crippen molar-refractivity contribution in [3.05, 3.63) is 0 Å². The zero-order chi connectivity index (χ0) is 12.8. The van der Waals surface area contributed by atoms with Crippen molar-refractivity contribution in [3.63, 3.8) is 0 Å². The number of rotatable bonds is 5. The zero-order valence-electron chi connectivity index (χ0n) is 12.5. The maximum absolute atomic E-state index is 3.67. The average molecular weight is 252 g/mol. The molecule has 2 nitrogen and oxygen atoms in total. The number of piperazine rings is 1. The minimum absolute atomic E-state index is 0.519. The van der Waals surface area contributed by atoms with Crippen LogP contribution >= 0.6 is 0 Å². The van der Waals surface area contributed by atoms with E-state index in [2.05, 4.69) is 24.1 Å². The van der Waals surface area contributed by atoms with Crippen LogP contribution in [0.2, 0.25) is 0 Å². The second-order valence-electron chi connectivity index (χ2n) is 6.36. The Morgan fingerprint density at radius 3 is 2.61 bits per heavy atom. The summed E-state index contributed by atoms with van der Waals surface area (Å²) in [6.45, 7) is 8.43. The second-order valence-corrected chi connectivity index (χ2v) is 6.36. The van der Waals surface area contributed by atoms with Crippen molar-refractivity contribution in [1.29, 1.82) is 0 Å². The molecule has 2 fully saturated rings. The summed E-state index contributed by atoms with van der Waals surface area (Å²) >= 11 is 0. The monoisotopic (exact) mass is 252 g/mol. The molecule has 1 N–H and O–H groups in total. The molecular formula is C16H32N2. The van der Waals surface area contributed by atoms with E-state index in [1.807, 2.05) is 0 Å². The van der Waals surface area contributed by atoms with E-state index < -0.39 is 0 Å². The summed E-state index contributed by atoms with van der Waals surface area (Å²) < 4.78 is 0. The van der Waals surface area contributed by atoms with Crippen LogP contribution in [0.25, 0.3) is 0 Å². The first-order valence-corrected chi connectivity index (χ1v) is 8.30. The Balaban J connectivity index is 2.05. The van der Waals surface area contributed by atoms with E-state index >= 15 is 0 Å². The van der Waals surface area contributed by atoms with Crippen molar-refractivity contribution in [3.8, 4) is 0 Å². The average Bonchev–Trinajstić information content (AvgIpc) is 2.42. The largest absolute Gasteiger partial charge is 0.314 e. The van der Waals surface area contributed by atoms with Gasteiger partial charge in [0, 0.05) is 31.2 Å². The first kappa shape index (κ1) is 14.3. The topological polar surface area (TPSA) is 15.3 Å². The number of nitrogens with zero attached hydrogens (tertiary/aromatic N) is 1. The lowest BCUT2D eigenvalue weighted by Gasteiger charge is -2.53. The third-order valence-corrected chi connectivity index (χ3v) is 5.18. The summed E-state index contributed by atoms with van der Waals surface area (Å²) in [5, 5.41) is 3.67. The van der Waals surface area contributed by atoms with Gasteiger partial charge in [0.2, 0.25) is 0 Å². The SMILES string of the molecule is CCCCC(CC)N1CCNCC12CCCCC2. The van der Waals surface area contributed by atoms with Crippen molar-refractivity contribution in [2.24, 2.45) is 0 Å². The van der Waals surface area contributed by atoms with Crippen molar-refractivity contribution in [2.75, 3.05) is 19.6 Å². The van der Waals surface area contributed by atoms with Crippen LogP contribution < -0.4 is 5.32 Å². The van der Waals surface area contributed by atoms with Gasteiger partial charge in [-0.1, -0.05) is 46.0 Å². The predicted molar refractivity (Wildman–Crippen MR) is 79.0 cm³/mol. The van der Waals surface area contributed by atoms with E-state index in [0.717, 1.165) is 6.04 Å². The smallest absolute Gasteiger partial charge is 0.0337 e. The van der Waals surface area contributed by atoms with Crippen molar-refractivity contribution < 1.29 is 0 Å². The minimum Gasteiger partial charge on any atom is -0.314 e. The Bertz CT molecular complexity index is 225. The van der Waals surface area contributed by atoms with E-state index in [1.54, 1.807) is 0 Å². The third-order valence-electron chi connectivity index (χ3n) is 5.18. The maximum Gasteiger partial charge on any atom is 0.0337 e. The van der Waals surface area contributed by atoms with Gasteiger partial charge in [-0.3, -0.25) is 4.90 Å². The Labute approximate surface area is 114 Å². The van der Waals surface area contributed by atoms with Gasteiger partial charge in [-0.25, -0.2) is 0 Å². The van der Waals surface area contributed by atoms with Crippen LogP contribution in [0.4, 0.5) is 0 Å². The van der Waals surface area contributed by atoms with Gasteiger partial charge in [0.15, 0.2) is 0 Å². The van der Waals surface area contributed by atoms with Crippen molar-refractivity contribution in [1.82, 2.24) is 10.2 Å². The van der Waals surface area contributed by atoms with Crippen molar-refractivity contribution >= 4 is 0 Å². The van der Waals surface area contributed by atoms with Crippen LogP contribution in [0.1, 0.15) is 71.6 Å². The second kappa shape index (κ2) is 6.91. The molecule has 2 heteroatoms. The molecular weight excluding hydrogens is 220 g/mol. The van der Waals surface area contributed by atoms with Gasteiger partial charge < -0.3 is 5.32 Å². The van der Waals surface area contributed by atoms with Crippen LogP contribution in [0.5, 0.6) is 0 Å². The number of nitrogens with one attached hydrogen (secondary N) is 1. The summed E-state index contributed by atoms with van der Waals surface area (Å²) in [5.74, 6) is 0. The molecule has 1 saturated carbocycles. The molecule has 0 aromatic rings. The van der Waals surface area contributed by atoms with Gasteiger partial charge in [0.05, 0.1) is 0 Å². The number of hydrogen-bond donors (Lipinski definition) is 1. The normalized spacial score (nSPS) is 26.3. The molecule has 0 amide bonds. The summed E-state index contributed by atoms with van der Waals surface area (Å²) in [4.78, 5) is 2.92. The molecule has 1 atom stereocenters. The van der Waals surface area contributed by atoms with Crippen LogP contribution in [0.15, 0.2) is 0 Å². The Hall–Kier alpha value is -0.0800. The summed E-state index contributed by atoms with van der Waals surface area (Å²) in [7, 11) is 0. The minimum atomic E-state index is 0.519. The fraction of sp³-hybridized carbons (Fsp3) is 1.00. The Kier molecular flexibility index (Phi) is 5.50. The molecule has 106 valence electrons. The quantitative estimate of drug-likeness (QED) is 0.805. The molecule has 0 aromatic carbocycles. The highest BCUT2D eigenvalue weighted by molar-refractivity contribution is 5.00. The fourth-order valence-corrected chi connectivity index (χ4v) is 4.12. The molecule has 1 heterocycles. The van der Waals surface area contributed by atoms with Crippen LogP contribution in [0, 0.1) is 0 Å². The lowest BCUT2D eigenvalue weighted by Crippen LogP contribution is -2.64. The standard InChI is InChI=1S/C16H32N2/c1-3-5-9-15(4-2)18-13-12-17-14-16(18)10-7-6-8-11-16/h15,17H,3-14H2,1-2H3. The molecule has 2 aliphatic rings. The zero-order valence-corrected chi connectivity index (χ0v) is 12.5. The fourth-order valence-electron chi connectivity index (χ4n) is 4.12. The summed E-state index contributed by atoms with van der Waals surface area (Å²) in [6.07, 6.45) is 12.7. The number of unbranched alkanes of at least 4 members (excludes halogenated alkanes) is 1. The van der Waals surface area contributed by atoms with E-state index in [9.17, 15) is 0 Å². The van der Waals surface area contributed by atoms with Gasteiger partial charge in [-0.2, -0.15) is 0 Å². The molecule has 1 saturated heterocycles. The maximum atomic E-state index is 3.67. The van der Waals surface area contributed by atoms with E-state index in [4.69, 9.17) is 0 Å². The van der Waals surface area contributed by atoms with Gasteiger partial charge >= 0.3 is 0 Å². The molecule has 0 aromatic heterocycles. The Morgan fingerprint density at radius 1 is 1.17 bits per heavy atom. The number of hydrogen-bond acceptors (Lipinski definition) is 2. The highest BCUT2D eigenvalue weighted by Crippen LogP contribution is 2.37. The van der Waals surface area contributed by atoms with E-state index in [1.165, 1.54) is 77.4 Å². The predicted octanol–water partition coefficient (Wildman–Crippen LogP) is 3.56. The van der Waals surface area contributed by atoms with Gasteiger partial charge in [0.1, 0.15) is 0 Å². The van der Waals surface area contributed by atoms with Gasteiger partial charge in [-0.15, -0.1) is 0 Å². The molecule has 1 unspecified atom stereocenters. The molecule has 1 spiro atoms. The van der Waals surface area contributed by atoms with Gasteiger partial charge in [0.25, 0.3) is 0 Å².